The molecule has 4 nitrogen and oxygen atoms in total. The molecule has 0 unspecified atom stereocenters. The Balaban J connectivity index is 0.000000384. The van der Waals surface area contributed by atoms with Crippen molar-refractivity contribution in [2.45, 2.75) is 64.9 Å². The molecule has 1 aliphatic carbocycles. The highest BCUT2D eigenvalue weighted by Crippen LogP contribution is 2.20. The van der Waals surface area contributed by atoms with E-state index >= 15 is 0 Å². The average molecular weight is 296 g/mol. The van der Waals surface area contributed by atoms with Gasteiger partial charge in [0.05, 0.1) is 6.61 Å². The molecule has 0 aromatic carbocycles. The third-order valence-corrected chi connectivity index (χ3v) is 3.08. The molecule has 0 atom stereocenters. The highest BCUT2D eigenvalue weighted by atomic mass is 16.5. The van der Waals surface area contributed by atoms with Crippen LogP contribution in [0.4, 0.5) is 0 Å². The Morgan fingerprint density at radius 3 is 2.33 bits per heavy atom. The minimum atomic E-state index is -0.284. The predicted molar refractivity (Wildman–Crippen MR) is 83.8 cm³/mol. The van der Waals surface area contributed by atoms with Gasteiger partial charge in [-0.1, -0.05) is 32.9 Å². The van der Waals surface area contributed by atoms with Crippen molar-refractivity contribution in [3.05, 3.63) is 24.8 Å². The molecular formula is C17H28O4. The topological polar surface area (TPSA) is 52.6 Å². The van der Waals surface area contributed by atoms with E-state index in [0.29, 0.717) is 12.2 Å². The van der Waals surface area contributed by atoms with Crippen molar-refractivity contribution < 1.29 is 19.1 Å². The smallest absolute Gasteiger partial charge is 0.333 e. The SMILES string of the molecule is C=C(C)C(=O)OCCCC.C=CC(=O)OC1CCCCC1. The van der Waals surface area contributed by atoms with Gasteiger partial charge in [-0.2, -0.15) is 0 Å². The van der Waals surface area contributed by atoms with E-state index in [1.165, 1.54) is 25.3 Å². The number of unbranched alkanes of at least 4 members (excludes halogenated alkanes) is 1. The molecule has 0 bridgehead atoms. The van der Waals surface area contributed by atoms with Gasteiger partial charge < -0.3 is 9.47 Å². The minimum absolute atomic E-state index is 0.161. The molecule has 0 heterocycles. The molecule has 0 radical (unpaired) electrons. The molecule has 4 heteroatoms. The van der Waals surface area contributed by atoms with Crippen molar-refractivity contribution in [1.82, 2.24) is 0 Å². The summed E-state index contributed by atoms with van der Waals surface area (Å²) in [6, 6.07) is 0. The molecule has 0 aromatic heterocycles. The third kappa shape index (κ3) is 10.8. The Bertz CT molecular complexity index is 341. The number of hydrogen-bond donors (Lipinski definition) is 0. The van der Waals surface area contributed by atoms with Crippen LogP contribution in [0.1, 0.15) is 58.8 Å². The van der Waals surface area contributed by atoms with E-state index in [-0.39, 0.29) is 18.0 Å². The first-order valence-corrected chi connectivity index (χ1v) is 7.66. The van der Waals surface area contributed by atoms with Crippen LogP contribution in [0.2, 0.25) is 0 Å². The predicted octanol–water partition coefficient (Wildman–Crippen LogP) is 3.95. The zero-order valence-electron chi connectivity index (χ0n) is 13.4. The van der Waals surface area contributed by atoms with Crippen molar-refractivity contribution in [1.29, 1.82) is 0 Å². The second-order valence-electron chi connectivity index (χ2n) is 5.17. The Morgan fingerprint density at radius 1 is 1.24 bits per heavy atom. The maximum Gasteiger partial charge on any atom is 0.333 e. The normalized spacial score (nSPS) is 14.4. The molecule has 120 valence electrons. The van der Waals surface area contributed by atoms with Crippen LogP contribution in [0.5, 0.6) is 0 Å². The fraction of sp³-hybridized carbons (Fsp3) is 0.647. The highest BCUT2D eigenvalue weighted by molar-refractivity contribution is 5.86. The maximum absolute atomic E-state index is 10.7. The largest absolute Gasteiger partial charge is 0.462 e. The molecule has 1 rings (SSSR count). The lowest BCUT2D eigenvalue weighted by Crippen LogP contribution is -2.19. The van der Waals surface area contributed by atoms with E-state index < -0.39 is 0 Å². The van der Waals surface area contributed by atoms with Crippen molar-refractivity contribution in [3.8, 4) is 0 Å². The van der Waals surface area contributed by atoms with Crippen LogP contribution in [0.15, 0.2) is 24.8 Å². The van der Waals surface area contributed by atoms with E-state index in [1.54, 1.807) is 6.92 Å². The van der Waals surface area contributed by atoms with Crippen molar-refractivity contribution in [2.75, 3.05) is 6.61 Å². The first-order chi connectivity index (χ1) is 10.0. The summed E-state index contributed by atoms with van der Waals surface area (Å²) < 4.78 is 9.89. The van der Waals surface area contributed by atoms with Gasteiger partial charge in [-0.05, 0) is 39.0 Å². The summed E-state index contributed by atoms with van der Waals surface area (Å²) in [7, 11) is 0. The van der Waals surface area contributed by atoms with Gasteiger partial charge in [-0.3, -0.25) is 0 Å². The van der Waals surface area contributed by atoms with Crippen molar-refractivity contribution in [2.24, 2.45) is 0 Å². The number of carbonyl (C=O) groups excluding carboxylic acids is 2. The van der Waals surface area contributed by atoms with Crippen LogP contribution in [0.3, 0.4) is 0 Å². The number of hydrogen-bond acceptors (Lipinski definition) is 4. The molecule has 1 aliphatic rings. The van der Waals surface area contributed by atoms with Gasteiger partial charge in [-0.15, -0.1) is 0 Å². The van der Waals surface area contributed by atoms with Gasteiger partial charge in [0.15, 0.2) is 0 Å². The molecular weight excluding hydrogens is 268 g/mol. The van der Waals surface area contributed by atoms with E-state index in [2.05, 4.69) is 20.1 Å². The Morgan fingerprint density at radius 2 is 1.86 bits per heavy atom. The van der Waals surface area contributed by atoms with E-state index in [9.17, 15) is 9.59 Å². The Kier molecular flexibility index (Phi) is 11.3. The standard InChI is InChI=1S/C9H14O2.C8H14O2/c1-2-9(10)11-8-6-4-3-5-7-8;1-4-5-6-10-8(9)7(2)3/h2,8H,1,3-7H2;2,4-6H2,1,3H3. The fourth-order valence-electron chi connectivity index (χ4n) is 1.83. The van der Waals surface area contributed by atoms with Crippen molar-refractivity contribution in [3.63, 3.8) is 0 Å². The lowest BCUT2D eigenvalue weighted by atomic mass is 9.98. The lowest BCUT2D eigenvalue weighted by molar-refractivity contribution is -0.144. The molecule has 1 saturated carbocycles. The van der Waals surface area contributed by atoms with E-state index in [1.807, 2.05) is 0 Å². The summed E-state index contributed by atoms with van der Waals surface area (Å²) in [5.74, 6) is -0.564. The first kappa shape index (κ1) is 19.4. The summed E-state index contributed by atoms with van der Waals surface area (Å²) in [5, 5.41) is 0. The average Bonchev–Trinajstić information content (AvgIpc) is 2.49. The summed E-state index contributed by atoms with van der Waals surface area (Å²) in [6.45, 7) is 11.0. The van der Waals surface area contributed by atoms with Gasteiger partial charge in [0, 0.05) is 11.6 Å². The van der Waals surface area contributed by atoms with Gasteiger partial charge in [0.25, 0.3) is 0 Å². The number of ether oxygens (including phenoxy) is 2. The van der Waals surface area contributed by atoms with Gasteiger partial charge in [-0.25, -0.2) is 9.59 Å². The summed E-state index contributed by atoms with van der Waals surface area (Å²) in [6.07, 6.45) is 9.08. The van der Waals surface area contributed by atoms with Crippen molar-refractivity contribution >= 4 is 11.9 Å². The van der Waals surface area contributed by atoms with Crippen LogP contribution in [0.25, 0.3) is 0 Å². The molecule has 0 spiro atoms. The monoisotopic (exact) mass is 296 g/mol. The third-order valence-electron chi connectivity index (χ3n) is 3.08. The molecule has 1 fully saturated rings. The molecule has 0 aromatic rings. The summed E-state index contributed by atoms with van der Waals surface area (Å²) in [4.78, 5) is 21.4. The highest BCUT2D eigenvalue weighted by Gasteiger charge is 2.15. The quantitative estimate of drug-likeness (QED) is 0.423. The molecule has 0 amide bonds. The Hall–Kier alpha value is -1.58. The maximum atomic E-state index is 10.7. The number of esters is 2. The van der Waals surface area contributed by atoms with Crippen LogP contribution < -0.4 is 0 Å². The zero-order chi connectivity index (χ0) is 16.1. The molecule has 0 aliphatic heterocycles. The van der Waals surface area contributed by atoms with Gasteiger partial charge in [0.2, 0.25) is 0 Å². The second-order valence-corrected chi connectivity index (χ2v) is 5.17. The fourth-order valence-corrected chi connectivity index (χ4v) is 1.83. The van der Waals surface area contributed by atoms with Gasteiger partial charge in [0.1, 0.15) is 6.10 Å². The Labute approximate surface area is 128 Å². The first-order valence-electron chi connectivity index (χ1n) is 7.66. The summed E-state index contributed by atoms with van der Waals surface area (Å²) >= 11 is 0. The number of rotatable bonds is 6. The van der Waals surface area contributed by atoms with E-state index in [0.717, 1.165) is 25.7 Å². The lowest BCUT2D eigenvalue weighted by Gasteiger charge is -2.20. The molecule has 21 heavy (non-hydrogen) atoms. The van der Waals surface area contributed by atoms with E-state index in [4.69, 9.17) is 9.47 Å². The number of carbonyl (C=O) groups is 2. The molecule has 0 saturated heterocycles. The van der Waals surface area contributed by atoms with Crippen LogP contribution >= 0.6 is 0 Å². The molecule has 0 N–H and O–H groups in total. The second kappa shape index (κ2) is 12.2. The van der Waals surface area contributed by atoms with Gasteiger partial charge >= 0.3 is 11.9 Å². The van der Waals surface area contributed by atoms with Crippen LogP contribution in [0, 0.1) is 0 Å². The van der Waals surface area contributed by atoms with Crippen LogP contribution in [-0.2, 0) is 19.1 Å². The summed E-state index contributed by atoms with van der Waals surface area (Å²) in [5.41, 5.74) is 0.469. The minimum Gasteiger partial charge on any atom is -0.462 e. The van der Waals surface area contributed by atoms with Crippen LogP contribution in [-0.4, -0.2) is 24.6 Å². The zero-order valence-corrected chi connectivity index (χ0v) is 13.4.